The molecule has 1 atom stereocenters. The van der Waals surface area contributed by atoms with Gasteiger partial charge < -0.3 is 4.42 Å². The zero-order chi connectivity index (χ0) is 15.0. The molecule has 1 aliphatic heterocycles. The molecule has 0 saturated carbocycles. The van der Waals surface area contributed by atoms with Crippen molar-refractivity contribution in [1.82, 2.24) is 4.48 Å². The smallest absolute Gasteiger partial charge is 0.227 e. The minimum atomic E-state index is -0.0789. The number of furan rings is 1. The second kappa shape index (κ2) is 5.20. The Bertz CT molecular complexity index is 718. The van der Waals surface area contributed by atoms with Crippen molar-refractivity contribution in [2.24, 2.45) is 0 Å². The molecular weight excluding hydrogens is 282 g/mol. The highest BCUT2D eigenvalue weighted by Crippen LogP contribution is 2.50. The van der Waals surface area contributed by atoms with Gasteiger partial charge in [-0.05, 0) is 49.4 Å². The maximum Gasteiger partial charge on any atom is 0.227 e. The van der Waals surface area contributed by atoms with Gasteiger partial charge >= 0.3 is 0 Å². The van der Waals surface area contributed by atoms with Gasteiger partial charge in [0.25, 0.3) is 0 Å². The highest BCUT2D eigenvalue weighted by Gasteiger charge is 2.40. The van der Waals surface area contributed by atoms with Gasteiger partial charge in [-0.25, -0.2) is 0 Å². The standard InChI is InChI=1S/C17H18NO2S/c1-4-18(3)13-10-12(2)7-8-16(13)21-17(18)11-14(19)15-6-5-9-20-15/h5-11H,4H2,1-3H3/q+1/b17-11+. The summed E-state index contributed by atoms with van der Waals surface area (Å²) in [5.74, 6) is 0.308. The van der Waals surface area contributed by atoms with Crippen LogP contribution in [0.15, 0.2) is 57.0 Å². The van der Waals surface area contributed by atoms with Crippen LogP contribution in [0.5, 0.6) is 0 Å². The first-order chi connectivity index (χ1) is 10.0. The zero-order valence-electron chi connectivity index (χ0n) is 12.4. The fourth-order valence-electron chi connectivity index (χ4n) is 2.53. The molecule has 0 fully saturated rings. The number of hydrogen-bond donors (Lipinski definition) is 0. The molecule has 1 aromatic heterocycles. The van der Waals surface area contributed by atoms with E-state index in [2.05, 4.69) is 39.1 Å². The quantitative estimate of drug-likeness (QED) is 0.479. The summed E-state index contributed by atoms with van der Waals surface area (Å²) in [6.45, 7) is 5.14. The van der Waals surface area contributed by atoms with E-state index >= 15 is 0 Å². The summed E-state index contributed by atoms with van der Waals surface area (Å²) in [7, 11) is 2.15. The average molecular weight is 300 g/mol. The highest BCUT2D eigenvalue weighted by molar-refractivity contribution is 8.03. The lowest BCUT2D eigenvalue weighted by Crippen LogP contribution is -2.40. The first-order valence-electron chi connectivity index (χ1n) is 6.99. The van der Waals surface area contributed by atoms with Crippen molar-refractivity contribution < 1.29 is 9.21 Å². The Labute approximate surface area is 128 Å². The van der Waals surface area contributed by atoms with Crippen LogP contribution in [0.1, 0.15) is 23.0 Å². The molecule has 2 heterocycles. The van der Waals surface area contributed by atoms with E-state index in [0.29, 0.717) is 10.2 Å². The normalized spacial score (nSPS) is 22.5. The minimum Gasteiger partial charge on any atom is -0.461 e. The van der Waals surface area contributed by atoms with E-state index in [0.717, 1.165) is 11.6 Å². The number of aryl methyl sites for hydroxylation is 1. The van der Waals surface area contributed by atoms with Gasteiger partial charge in [-0.2, -0.15) is 0 Å². The number of carbonyl (C=O) groups is 1. The first kappa shape index (κ1) is 14.2. The van der Waals surface area contributed by atoms with E-state index in [1.165, 1.54) is 22.4 Å². The lowest BCUT2D eigenvalue weighted by Gasteiger charge is -2.28. The third kappa shape index (κ3) is 2.34. The molecule has 1 aliphatic rings. The Morgan fingerprint density at radius 3 is 2.86 bits per heavy atom. The van der Waals surface area contributed by atoms with E-state index in [4.69, 9.17) is 4.42 Å². The molecule has 0 amide bonds. The summed E-state index contributed by atoms with van der Waals surface area (Å²) < 4.78 is 5.85. The monoisotopic (exact) mass is 300 g/mol. The topological polar surface area (TPSA) is 30.2 Å². The van der Waals surface area contributed by atoms with E-state index in [1.54, 1.807) is 30.0 Å². The van der Waals surface area contributed by atoms with Crippen molar-refractivity contribution in [1.29, 1.82) is 0 Å². The predicted molar refractivity (Wildman–Crippen MR) is 86.4 cm³/mol. The van der Waals surface area contributed by atoms with Crippen LogP contribution in [-0.4, -0.2) is 19.4 Å². The number of carbonyl (C=O) groups excluding carboxylic acids is 1. The Morgan fingerprint density at radius 2 is 2.19 bits per heavy atom. The number of fused-ring (bicyclic) bond motifs is 1. The lowest BCUT2D eigenvalue weighted by atomic mass is 10.2. The van der Waals surface area contributed by atoms with Gasteiger partial charge in [0, 0.05) is 6.07 Å². The van der Waals surface area contributed by atoms with Gasteiger partial charge in [0.2, 0.25) is 5.78 Å². The lowest BCUT2D eigenvalue weighted by molar-refractivity contribution is 0.102. The van der Waals surface area contributed by atoms with Crippen LogP contribution in [0, 0.1) is 6.92 Å². The molecule has 1 unspecified atom stereocenters. The molecule has 3 nitrogen and oxygen atoms in total. The largest absolute Gasteiger partial charge is 0.461 e. The molecule has 0 saturated heterocycles. The third-order valence-corrected chi connectivity index (χ3v) is 5.29. The Morgan fingerprint density at radius 1 is 1.38 bits per heavy atom. The van der Waals surface area contributed by atoms with Crippen molar-refractivity contribution in [3.05, 3.63) is 59.0 Å². The van der Waals surface area contributed by atoms with Gasteiger partial charge in [-0.1, -0.05) is 6.07 Å². The van der Waals surface area contributed by atoms with E-state index in [9.17, 15) is 4.79 Å². The molecule has 0 radical (unpaired) electrons. The molecule has 4 heteroatoms. The predicted octanol–water partition coefficient (Wildman–Crippen LogP) is 4.38. The minimum absolute atomic E-state index is 0.0789. The Kier molecular flexibility index (Phi) is 3.51. The van der Waals surface area contributed by atoms with Crippen LogP contribution in [0.2, 0.25) is 0 Å². The van der Waals surface area contributed by atoms with Crippen LogP contribution in [0.3, 0.4) is 0 Å². The number of thioether (sulfide) groups is 1. The van der Waals surface area contributed by atoms with Crippen LogP contribution < -0.4 is 4.48 Å². The van der Waals surface area contributed by atoms with Crippen LogP contribution in [0.4, 0.5) is 5.69 Å². The van der Waals surface area contributed by atoms with E-state index in [1.807, 2.05) is 0 Å². The van der Waals surface area contributed by atoms with E-state index in [-0.39, 0.29) is 5.78 Å². The van der Waals surface area contributed by atoms with Crippen molar-refractivity contribution in [2.75, 3.05) is 13.6 Å². The SMILES string of the molecule is CC[N+]1(C)/C(=C\C(=O)c2ccco2)Sc2ccc(C)cc21. The highest BCUT2D eigenvalue weighted by atomic mass is 32.2. The fourth-order valence-corrected chi connectivity index (χ4v) is 3.85. The molecule has 3 rings (SSSR count). The van der Waals surface area contributed by atoms with Gasteiger partial charge in [0.15, 0.2) is 16.5 Å². The maximum absolute atomic E-state index is 12.3. The average Bonchev–Trinajstić information content (AvgIpc) is 3.08. The maximum atomic E-state index is 12.3. The molecule has 0 bridgehead atoms. The molecule has 0 aliphatic carbocycles. The number of nitrogens with zero attached hydrogens (tertiary/aromatic N) is 1. The summed E-state index contributed by atoms with van der Waals surface area (Å²) in [5, 5.41) is 1.04. The van der Waals surface area contributed by atoms with Gasteiger partial charge in [-0.15, -0.1) is 0 Å². The van der Waals surface area contributed by atoms with Crippen LogP contribution in [-0.2, 0) is 0 Å². The zero-order valence-corrected chi connectivity index (χ0v) is 13.2. The molecule has 2 aromatic rings. The number of quaternary nitrogens is 1. The van der Waals surface area contributed by atoms with Gasteiger partial charge in [-0.3, -0.25) is 9.28 Å². The van der Waals surface area contributed by atoms with Crippen molar-refractivity contribution in [2.45, 2.75) is 18.7 Å². The Balaban J connectivity index is 2.03. The third-order valence-electron chi connectivity index (χ3n) is 4.00. The first-order valence-corrected chi connectivity index (χ1v) is 7.81. The molecule has 108 valence electrons. The molecule has 0 N–H and O–H groups in total. The molecule has 1 aromatic carbocycles. The Hall–Kier alpha value is -1.78. The van der Waals surface area contributed by atoms with Crippen LogP contribution >= 0.6 is 11.8 Å². The summed E-state index contributed by atoms with van der Waals surface area (Å²) in [4.78, 5) is 13.5. The number of rotatable bonds is 3. The number of hydrogen-bond acceptors (Lipinski definition) is 3. The van der Waals surface area contributed by atoms with E-state index < -0.39 is 0 Å². The van der Waals surface area contributed by atoms with Crippen molar-refractivity contribution in [3.63, 3.8) is 0 Å². The number of benzene rings is 1. The number of ketones is 1. The van der Waals surface area contributed by atoms with Gasteiger partial charge in [0.1, 0.15) is 0 Å². The summed E-state index contributed by atoms with van der Waals surface area (Å²) in [5.41, 5.74) is 2.51. The summed E-state index contributed by atoms with van der Waals surface area (Å²) in [6, 6.07) is 9.90. The summed E-state index contributed by atoms with van der Waals surface area (Å²) >= 11 is 1.67. The van der Waals surface area contributed by atoms with Gasteiger partial charge in [0.05, 0.1) is 30.8 Å². The second-order valence-electron chi connectivity index (χ2n) is 5.41. The van der Waals surface area contributed by atoms with Crippen molar-refractivity contribution >= 4 is 23.2 Å². The van der Waals surface area contributed by atoms with Crippen LogP contribution in [0.25, 0.3) is 0 Å². The molecule has 21 heavy (non-hydrogen) atoms. The number of allylic oxidation sites excluding steroid dienone is 1. The summed E-state index contributed by atoms with van der Waals surface area (Å²) in [6.07, 6.45) is 3.24. The van der Waals surface area contributed by atoms with Crippen molar-refractivity contribution in [3.8, 4) is 0 Å². The molecular formula is C17H18NO2S+. The second-order valence-corrected chi connectivity index (χ2v) is 6.47. The fraction of sp³-hybridized carbons (Fsp3) is 0.235. The molecule has 0 spiro atoms.